The second kappa shape index (κ2) is 1.94. The second-order valence-corrected chi connectivity index (χ2v) is 3.22. The number of hydrogen-bond acceptors (Lipinski definition) is 1. The van der Waals surface area contributed by atoms with Gasteiger partial charge in [-0.1, -0.05) is 13.8 Å². The number of hydrogen-bond donors (Lipinski definition) is 1. The zero-order chi connectivity index (χ0) is 7.94. The molecule has 0 spiro atoms. The van der Waals surface area contributed by atoms with E-state index < -0.39 is 11.6 Å². The minimum Gasteiger partial charge on any atom is -0.479 e. The highest BCUT2D eigenvalue weighted by molar-refractivity contribution is 5.81. The van der Waals surface area contributed by atoms with Crippen LogP contribution in [0.5, 0.6) is 0 Å². The summed E-state index contributed by atoms with van der Waals surface area (Å²) in [4.78, 5) is 10.2. The predicted octanol–water partition coefficient (Wildman–Crippen LogP) is 1.46. The molecule has 2 nitrogen and oxygen atoms in total. The van der Waals surface area contributed by atoms with Gasteiger partial charge < -0.3 is 5.11 Å². The lowest BCUT2D eigenvalue weighted by Crippen LogP contribution is -2.20. The van der Waals surface area contributed by atoms with Gasteiger partial charge in [0.05, 0.1) is 0 Å². The number of halogens is 1. The number of carboxylic acid groups (broad SMARTS) is 1. The van der Waals surface area contributed by atoms with Crippen LogP contribution in [0.15, 0.2) is 0 Å². The standard InChI is InChI=1S/C7H11FO2/c1-4(2)5-3-7(5,8)6(9)10/h4-5H,3H2,1-2H3,(H,9,10)/t5-,7-/m1/s1. The fourth-order valence-corrected chi connectivity index (χ4v) is 1.27. The van der Waals surface area contributed by atoms with E-state index in [1.54, 1.807) is 0 Å². The monoisotopic (exact) mass is 146 g/mol. The van der Waals surface area contributed by atoms with Crippen molar-refractivity contribution in [3.8, 4) is 0 Å². The van der Waals surface area contributed by atoms with Crippen molar-refractivity contribution in [2.45, 2.75) is 25.9 Å². The van der Waals surface area contributed by atoms with E-state index in [1.807, 2.05) is 13.8 Å². The molecule has 1 rings (SSSR count). The summed E-state index contributed by atoms with van der Waals surface area (Å²) in [5.74, 6) is -1.42. The van der Waals surface area contributed by atoms with Gasteiger partial charge in [0.2, 0.25) is 5.67 Å². The molecule has 0 radical (unpaired) electrons. The average Bonchev–Trinajstić information content (AvgIpc) is 2.43. The van der Waals surface area contributed by atoms with E-state index >= 15 is 0 Å². The van der Waals surface area contributed by atoms with Crippen molar-refractivity contribution in [3.63, 3.8) is 0 Å². The van der Waals surface area contributed by atoms with E-state index in [2.05, 4.69) is 0 Å². The van der Waals surface area contributed by atoms with E-state index in [0.717, 1.165) is 0 Å². The van der Waals surface area contributed by atoms with Crippen molar-refractivity contribution < 1.29 is 14.3 Å². The van der Waals surface area contributed by atoms with Crippen LogP contribution in [0.3, 0.4) is 0 Å². The van der Waals surface area contributed by atoms with Crippen LogP contribution in [0, 0.1) is 11.8 Å². The highest BCUT2D eigenvalue weighted by atomic mass is 19.1. The van der Waals surface area contributed by atoms with Crippen molar-refractivity contribution >= 4 is 5.97 Å². The van der Waals surface area contributed by atoms with Gasteiger partial charge in [0.1, 0.15) is 0 Å². The van der Waals surface area contributed by atoms with Gasteiger partial charge in [0, 0.05) is 5.92 Å². The number of carbonyl (C=O) groups is 1. The molecule has 2 atom stereocenters. The van der Waals surface area contributed by atoms with E-state index in [9.17, 15) is 9.18 Å². The molecular formula is C7H11FO2. The number of carboxylic acids is 1. The first-order valence-electron chi connectivity index (χ1n) is 3.41. The smallest absolute Gasteiger partial charge is 0.341 e. The van der Waals surface area contributed by atoms with Crippen molar-refractivity contribution in [2.75, 3.05) is 0 Å². The average molecular weight is 146 g/mol. The van der Waals surface area contributed by atoms with Crippen LogP contribution in [-0.4, -0.2) is 16.7 Å². The van der Waals surface area contributed by atoms with Crippen LogP contribution in [0.1, 0.15) is 20.3 Å². The Kier molecular flexibility index (Phi) is 1.46. The minimum absolute atomic E-state index is 0.140. The molecule has 3 heteroatoms. The zero-order valence-electron chi connectivity index (χ0n) is 6.10. The Bertz CT molecular complexity index is 167. The molecule has 10 heavy (non-hydrogen) atoms. The fraction of sp³-hybridized carbons (Fsp3) is 0.857. The molecule has 0 aromatic rings. The number of alkyl halides is 1. The summed E-state index contributed by atoms with van der Waals surface area (Å²) in [6, 6.07) is 0. The molecule has 0 aromatic carbocycles. The van der Waals surface area contributed by atoms with Crippen molar-refractivity contribution in [1.29, 1.82) is 0 Å². The van der Waals surface area contributed by atoms with Gasteiger partial charge in [-0.25, -0.2) is 9.18 Å². The summed E-state index contributed by atoms with van der Waals surface area (Å²) in [5.41, 5.74) is -1.89. The molecule has 0 amide bonds. The fourth-order valence-electron chi connectivity index (χ4n) is 1.27. The van der Waals surface area contributed by atoms with Crippen LogP contribution in [0.2, 0.25) is 0 Å². The lowest BCUT2D eigenvalue weighted by Gasteiger charge is -2.03. The zero-order valence-corrected chi connectivity index (χ0v) is 6.10. The summed E-state index contributed by atoms with van der Waals surface area (Å²) >= 11 is 0. The summed E-state index contributed by atoms with van der Waals surface area (Å²) < 4.78 is 12.9. The Labute approximate surface area is 59.0 Å². The van der Waals surface area contributed by atoms with E-state index in [4.69, 9.17) is 5.11 Å². The van der Waals surface area contributed by atoms with Gasteiger partial charge in [0.25, 0.3) is 0 Å². The van der Waals surface area contributed by atoms with E-state index in [-0.39, 0.29) is 18.3 Å². The SMILES string of the molecule is CC(C)[C@H]1C[C@]1(F)C(=O)O. The maximum absolute atomic E-state index is 12.9. The summed E-state index contributed by atoms with van der Waals surface area (Å²) in [7, 11) is 0. The molecule has 1 saturated carbocycles. The Morgan fingerprint density at radius 2 is 2.30 bits per heavy atom. The largest absolute Gasteiger partial charge is 0.479 e. The summed E-state index contributed by atoms with van der Waals surface area (Å²) in [6.07, 6.45) is 0.194. The molecule has 1 N–H and O–H groups in total. The lowest BCUT2D eigenvalue weighted by molar-refractivity contribution is -0.145. The summed E-state index contributed by atoms with van der Waals surface area (Å²) in [6.45, 7) is 3.68. The maximum Gasteiger partial charge on any atom is 0.341 e. The second-order valence-electron chi connectivity index (χ2n) is 3.22. The molecule has 0 heterocycles. The molecule has 58 valence electrons. The third kappa shape index (κ3) is 0.895. The first-order chi connectivity index (χ1) is 4.48. The lowest BCUT2D eigenvalue weighted by atomic mass is 10.1. The van der Waals surface area contributed by atoms with E-state index in [1.165, 1.54) is 0 Å². The Balaban J connectivity index is 2.56. The van der Waals surface area contributed by atoms with Crippen LogP contribution in [0.25, 0.3) is 0 Å². The van der Waals surface area contributed by atoms with Gasteiger partial charge in [-0.05, 0) is 12.3 Å². The third-order valence-corrected chi connectivity index (χ3v) is 2.10. The Hall–Kier alpha value is -0.600. The van der Waals surface area contributed by atoms with Gasteiger partial charge in [0.15, 0.2) is 0 Å². The quantitative estimate of drug-likeness (QED) is 0.640. The molecule has 0 aliphatic heterocycles. The maximum atomic E-state index is 12.9. The highest BCUT2D eigenvalue weighted by Crippen LogP contribution is 2.51. The van der Waals surface area contributed by atoms with Gasteiger partial charge in [-0.15, -0.1) is 0 Å². The van der Waals surface area contributed by atoms with Crippen molar-refractivity contribution in [1.82, 2.24) is 0 Å². The van der Waals surface area contributed by atoms with Crippen LogP contribution >= 0.6 is 0 Å². The molecule has 1 aliphatic carbocycles. The molecule has 0 aromatic heterocycles. The molecular weight excluding hydrogens is 135 g/mol. The molecule has 0 saturated heterocycles. The Morgan fingerprint density at radius 3 is 2.40 bits per heavy atom. The van der Waals surface area contributed by atoms with Gasteiger partial charge in [-0.2, -0.15) is 0 Å². The normalized spacial score (nSPS) is 38.2. The molecule has 1 aliphatic rings. The first-order valence-corrected chi connectivity index (χ1v) is 3.41. The topological polar surface area (TPSA) is 37.3 Å². The predicted molar refractivity (Wildman–Crippen MR) is 34.4 cm³/mol. The Morgan fingerprint density at radius 1 is 1.80 bits per heavy atom. The van der Waals surface area contributed by atoms with Crippen LogP contribution in [-0.2, 0) is 4.79 Å². The van der Waals surface area contributed by atoms with Gasteiger partial charge >= 0.3 is 5.97 Å². The molecule has 0 bridgehead atoms. The van der Waals surface area contributed by atoms with Gasteiger partial charge in [-0.3, -0.25) is 0 Å². The minimum atomic E-state index is -1.89. The summed E-state index contributed by atoms with van der Waals surface area (Å²) in [5, 5.41) is 8.36. The number of rotatable bonds is 2. The first kappa shape index (κ1) is 7.51. The number of aliphatic carboxylic acids is 1. The van der Waals surface area contributed by atoms with Crippen molar-refractivity contribution in [3.05, 3.63) is 0 Å². The molecule has 1 fully saturated rings. The van der Waals surface area contributed by atoms with Crippen molar-refractivity contribution in [2.24, 2.45) is 11.8 Å². The van der Waals surface area contributed by atoms with Crippen LogP contribution in [0.4, 0.5) is 4.39 Å². The third-order valence-electron chi connectivity index (χ3n) is 2.10. The highest BCUT2D eigenvalue weighted by Gasteiger charge is 2.62. The van der Waals surface area contributed by atoms with E-state index in [0.29, 0.717) is 0 Å². The van der Waals surface area contributed by atoms with Crippen LogP contribution < -0.4 is 0 Å². The molecule has 0 unspecified atom stereocenters.